The lowest BCUT2D eigenvalue weighted by Gasteiger charge is -2.58. The van der Waals surface area contributed by atoms with Crippen molar-refractivity contribution in [3.8, 4) is 0 Å². The number of hydrogen-bond acceptors (Lipinski definition) is 6. The van der Waals surface area contributed by atoms with E-state index in [2.05, 4.69) is 5.32 Å². The lowest BCUT2D eigenvalue weighted by Crippen LogP contribution is -2.82. The summed E-state index contributed by atoms with van der Waals surface area (Å²) in [6.07, 6.45) is -0.156. The molecule has 1 N–H and O–H groups in total. The fourth-order valence-electron chi connectivity index (χ4n) is 4.09. The molecule has 2 unspecified atom stereocenters. The Hall–Kier alpha value is -2.55. The number of esters is 1. The van der Waals surface area contributed by atoms with Gasteiger partial charge >= 0.3 is 5.97 Å². The van der Waals surface area contributed by atoms with Gasteiger partial charge in [0.25, 0.3) is 11.6 Å². The van der Waals surface area contributed by atoms with E-state index < -0.39 is 34.5 Å². The van der Waals surface area contributed by atoms with Crippen LogP contribution in [0.5, 0.6) is 0 Å². The van der Waals surface area contributed by atoms with Crippen LogP contribution in [0.3, 0.4) is 0 Å². The number of fused-ring (bicyclic) bond motifs is 1. The van der Waals surface area contributed by atoms with Crippen LogP contribution >= 0.6 is 23.4 Å². The maximum absolute atomic E-state index is 13.5. The first-order valence-corrected chi connectivity index (χ1v) is 11.7. The number of nitrogens with one attached hydrogen (secondary N) is 1. The van der Waals surface area contributed by atoms with Crippen molar-refractivity contribution >= 4 is 41.6 Å². The Morgan fingerprint density at radius 2 is 1.81 bits per heavy atom. The second-order valence-corrected chi connectivity index (χ2v) is 9.15. The zero-order chi connectivity index (χ0) is 22.8. The molecular weight excluding hydrogens is 452 g/mol. The summed E-state index contributed by atoms with van der Waals surface area (Å²) in [4.78, 5) is 38.8. The van der Waals surface area contributed by atoms with Gasteiger partial charge in [-0.15, -0.1) is 23.4 Å². The average molecular weight is 475 g/mol. The first kappa shape index (κ1) is 22.6. The van der Waals surface area contributed by atoms with E-state index in [1.54, 1.807) is 0 Å². The van der Waals surface area contributed by atoms with Gasteiger partial charge in [-0.1, -0.05) is 60.7 Å². The smallest absolute Gasteiger partial charge is 0.316 e. The highest BCUT2D eigenvalue weighted by Gasteiger charge is 2.67. The summed E-state index contributed by atoms with van der Waals surface area (Å²) >= 11 is 7.64. The quantitative estimate of drug-likeness (QED) is 0.208. The fraction of sp³-hybridized carbons (Fsp3) is 0.348. The number of benzene rings is 2. The Bertz CT molecular complexity index is 955. The summed E-state index contributed by atoms with van der Waals surface area (Å²) in [5.41, 5.74) is -0.814. The van der Waals surface area contributed by atoms with Crippen LogP contribution in [0.1, 0.15) is 17.2 Å². The molecule has 2 amide bonds. The number of thioether (sulfide) groups is 1. The van der Waals surface area contributed by atoms with E-state index in [1.807, 2.05) is 60.7 Å². The van der Waals surface area contributed by atoms with Gasteiger partial charge in [-0.05, 0) is 11.1 Å². The topological polar surface area (TPSA) is 84.9 Å². The zero-order valence-electron chi connectivity index (χ0n) is 17.4. The van der Waals surface area contributed by atoms with E-state index in [0.717, 1.165) is 11.1 Å². The largest absolute Gasteiger partial charge is 0.452 e. The Kier molecular flexibility index (Phi) is 6.46. The molecule has 168 valence electrons. The molecule has 0 bridgehead atoms. The number of ether oxygens (including phenoxy) is 2. The Labute approximate surface area is 195 Å². The number of carbonyl (C=O) groups excluding carboxylic acids is 3. The molecule has 9 heteroatoms. The molecule has 32 heavy (non-hydrogen) atoms. The maximum Gasteiger partial charge on any atom is 0.316 e. The second-order valence-electron chi connectivity index (χ2n) is 7.82. The number of β-lactam (4-membered cyclic amide) rings is 1. The summed E-state index contributed by atoms with van der Waals surface area (Å²) in [7, 11) is 1.37. The minimum absolute atomic E-state index is 0.00722. The maximum atomic E-state index is 13.5. The number of methoxy groups -OCH3 is 1. The highest BCUT2D eigenvalue weighted by Crippen LogP contribution is 2.48. The minimum Gasteiger partial charge on any atom is -0.452 e. The first-order valence-electron chi connectivity index (χ1n) is 10.1. The summed E-state index contributed by atoms with van der Waals surface area (Å²) in [5.74, 6) is -0.560. The van der Waals surface area contributed by atoms with E-state index in [-0.39, 0.29) is 12.4 Å². The predicted molar refractivity (Wildman–Crippen MR) is 121 cm³/mol. The third-order valence-electron chi connectivity index (χ3n) is 5.91. The highest BCUT2D eigenvalue weighted by molar-refractivity contribution is 8.00. The van der Waals surface area contributed by atoms with Gasteiger partial charge in [0.2, 0.25) is 6.41 Å². The molecule has 7 nitrogen and oxygen atoms in total. The molecule has 0 saturated carbocycles. The van der Waals surface area contributed by atoms with Gasteiger partial charge in [-0.3, -0.25) is 14.4 Å². The van der Waals surface area contributed by atoms with Gasteiger partial charge in [0.1, 0.15) is 10.8 Å². The molecule has 2 aromatic carbocycles. The third kappa shape index (κ3) is 3.66. The molecule has 2 aliphatic rings. The SMILES string of the molecule is COC1(NC=O)C(=O)N2CC(CCl)(C(=O)OC(c3ccccc3)c3ccccc3)CS[C@@H]21. The summed E-state index contributed by atoms with van der Waals surface area (Å²) in [6.45, 7) is 0.0911. The molecule has 2 aromatic rings. The van der Waals surface area contributed by atoms with Crippen molar-refractivity contribution < 1.29 is 23.9 Å². The molecule has 0 aliphatic carbocycles. The Balaban J connectivity index is 1.58. The molecule has 0 radical (unpaired) electrons. The number of amides is 2. The van der Waals surface area contributed by atoms with Gasteiger partial charge in [0.15, 0.2) is 6.10 Å². The van der Waals surface area contributed by atoms with Crippen LogP contribution in [0.2, 0.25) is 0 Å². The second kappa shape index (κ2) is 9.13. The Morgan fingerprint density at radius 3 is 2.31 bits per heavy atom. The number of halogens is 1. The standard InChI is InChI=1S/C23H23ClN2O5S/c1-30-23(25-15-27)19(28)26-13-22(12-24,14-32-20(23)26)21(29)31-18(16-8-4-2-5-9-16)17-10-6-3-7-11-17/h2-11,15,18,20H,12-14H2,1H3,(H,25,27)/t20-,22?,23?/m1/s1. The van der Waals surface area contributed by atoms with Crippen LogP contribution in [0.4, 0.5) is 0 Å². The molecule has 2 fully saturated rings. The Morgan fingerprint density at radius 1 is 1.22 bits per heavy atom. The predicted octanol–water partition coefficient (Wildman–Crippen LogP) is 2.55. The van der Waals surface area contributed by atoms with E-state index in [9.17, 15) is 14.4 Å². The fourth-order valence-corrected chi connectivity index (χ4v) is 6.13. The summed E-state index contributed by atoms with van der Waals surface area (Å²) in [5, 5.41) is 2.04. The van der Waals surface area contributed by atoms with Crippen LogP contribution < -0.4 is 5.32 Å². The lowest BCUT2D eigenvalue weighted by atomic mass is 9.88. The van der Waals surface area contributed by atoms with E-state index in [0.29, 0.717) is 12.2 Å². The number of hydrogen-bond donors (Lipinski definition) is 1. The third-order valence-corrected chi connectivity index (χ3v) is 8.05. The molecule has 3 atom stereocenters. The molecule has 2 heterocycles. The van der Waals surface area contributed by atoms with Crippen molar-refractivity contribution in [2.75, 3.05) is 25.3 Å². The number of rotatable bonds is 8. The van der Waals surface area contributed by atoms with Crippen LogP contribution in [0.25, 0.3) is 0 Å². The van der Waals surface area contributed by atoms with Crippen molar-refractivity contribution in [1.82, 2.24) is 10.2 Å². The van der Waals surface area contributed by atoms with E-state index in [4.69, 9.17) is 21.1 Å². The van der Waals surface area contributed by atoms with Crippen molar-refractivity contribution in [1.29, 1.82) is 0 Å². The number of nitrogens with zero attached hydrogens (tertiary/aromatic N) is 1. The highest BCUT2D eigenvalue weighted by atomic mass is 35.5. The van der Waals surface area contributed by atoms with E-state index >= 15 is 0 Å². The van der Waals surface area contributed by atoms with Gasteiger partial charge in [0.05, 0.1) is 0 Å². The van der Waals surface area contributed by atoms with Gasteiger partial charge in [-0.25, -0.2) is 0 Å². The van der Waals surface area contributed by atoms with Crippen LogP contribution in [0, 0.1) is 5.41 Å². The molecule has 0 aromatic heterocycles. The number of alkyl halides is 1. The van der Waals surface area contributed by atoms with Gasteiger partial charge in [0, 0.05) is 25.3 Å². The van der Waals surface area contributed by atoms with Gasteiger partial charge < -0.3 is 19.7 Å². The lowest BCUT2D eigenvalue weighted by molar-refractivity contribution is -0.199. The van der Waals surface area contributed by atoms with Crippen molar-refractivity contribution in [3.05, 3.63) is 71.8 Å². The van der Waals surface area contributed by atoms with Gasteiger partial charge in [-0.2, -0.15) is 0 Å². The first-order chi connectivity index (χ1) is 15.5. The van der Waals surface area contributed by atoms with Crippen molar-refractivity contribution in [2.45, 2.75) is 17.2 Å². The average Bonchev–Trinajstić information content (AvgIpc) is 2.86. The monoisotopic (exact) mass is 474 g/mol. The summed E-state index contributed by atoms with van der Waals surface area (Å²) < 4.78 is 11.4. The molecule has 0 spiro atoms. The zero-order valence-corrected chi connectivity index (χ0v) is 19.0. The van der Waals surface area contributed by atoms with Crippen LogP contribution in [-0.2, 0) is 23.9 Å². The van der Waals surface area contributed by atoms with Crippen molar-refractivity contribution in [2.24, 2.45) is 5.41 Å². The molecule has 2 aliphatic heterocycles. The molecule has 4 rings (SSSR count). The number of carbonyl (C=O) groups is 3. The molecule has 2 saturated heterocycles. The summed E-state index contributed by atoms with van der Waals surface area (Å²) in [6, 6.07) is 19.0. The van der Waals surface area contributed by atoms with E-state index in [1.165, 1.54) is 23.8 Å². The van der Waals surface area contributed by atoms with Crippen LogP contribution in [-0.4, -0.2) is 59.6 Å². The normalized spacial score (nSPS) is 26.8. The van der Waals surface area contributed by atoms with Crippen LogP contribution in [0.15, 0.2) is 60.7 Å². The van der Waals surface area contributed by atoms with Crippen molar-refractivity contribution in [3.63, 3.8) is 0 Å². The molecular formula is C23H23ClN2O5S. The minimum atomic E-state index is -1.41.